The Morgan fingerprint density at radius 3 is 1.69 bits per heavy atom. The number of ether oxygens (including phenoxy) is 2. The van der Waals surface area contributed by atoms with Gasteiger partial charge in [0, 0.05) is 17.7 Å². The quantitative estimate of drug-likeness (QED) is 0.0576. The van der Waals surface area contributed by atoms with Crippen molar-refractivity contribution >= 4 is 45.1 Å². The van der Waals surface area contributed by atoms with Gasteiger partial charge in [0.25, 0.3) is 21.8 Å². The molecule has 0 spiro atoms. The number of carbonyl (C=O) groups is 3. The van der Waals surface area contributed by atoms with Gasteiger partial charge in [-0.15, -0.1) is 0 Å². The van der Waals surface area contributed by atoms with Crippen LogP contribution >= 0.6 is 0 Å². The van der Waals surface area contributed by atoms with Gasteiger partial charge in [-0.25, -0.2) is 23.1 Å². The van der Waals surface area contributed by atoms with Crippen molar-refractivity contribution in [2.24, 2.45) is 4.99 Å². The number of rotatable bonds is 25. The van der Waals surface area contributed by atoms with E-state index in [1.165, 1.54) is 90.5 Å². The molecule has 0 aliphatic carbocycles. The maximum absolute atomic E-state index is 15.1. The molecule has 2 aliphatic heterocycles. The highest BCUT2D eigenvalue weighted by atomic mass is 32.2. The molecule has 5 aromatic carbocycles. The van der Waals surface area contributed by atoms with Crippen LogP contribution in [-0.4, -0.2) is 59.6 Å². The fourth-order valence-corrected chi connectivity index (χ4v) is 10.6. The zero-order valence-electron chi connectivity index (χ0n) is 39.8. The van der Waals surface area contributed by atoms with Gasteiger partial charge in [0.15, 0.2) is 23.2 Å². The molecular weight excluding hydrogens is 873 g/mol. The first-order chi connectivity index (χ1) is 33.0. The lowest BCUT2D eigenvalue weighted by Crippen LogP contribution is -2.59. The Balaban J connectivity index is 1.12. The lowest BCUT2D eigenvalue weighted by atomic mass is 9.97. The van der Waals surface area contributed by atoms with Crippen molar-refractivity contribution in [3.8, 4) is 33.8 Å². The number of carbonyl (C=O) groups excluding carboxylic acids is 3. The lowest BCUT2D eigenvalue weighted by Gasteiger charge is -2.35. The molecule has 0 radical (unpaired) electrons. The highest BCUT2D eigenvalue weighted by Crippen LogP contribution is 2.44. The molecule has 0 saturated carbocycles. The predicted octanol–water partition coefficient (Wildman–Crippen LogP) is 13.9. The molecule has 5 aromatic rings. The van der Waals surface area contributed by atoms with E-state index in [9.17, 15) is 18.0 Å². The normalized spacial score (nSPS) is 15.4. The van der Waals surface area contributed by atoms with Gasteiger partial charge < -0.3 is 14.8 Å². The summed E-state index contributed by atoms with van der Waals surface area (Å²) in [5.41, 5.74) is 2.13. The number of sulfonamides is 1. The van der Waals surface area contributed by atoms with Crippen LogP contribution in [0.5, 0.6) is 11.5 Å². The first kappa shape index (κ1) is 49.6. The SMILES string of the molecule is CCCCCCCCCCCCCCCCCCN1C(C(C(=O)Nc2ccccc2Oc2c(-c3ccccc3)cccc2-c2ccccc2)N2C(=O)OC(C)(C)C2=O)=Nc2ccccc2S1(=O)=O. The van der Waals surface area contributed by atoms with E-state index < -0.39 is 39.6 Å². The zero-order valence-corrected chi connectivity index (χ0v) is 40.6. The van der Waals surface area contributed by atoms with Gasteiger partial charge in [-0.2, -0.15) is 0 Å². The van der Waals surface area contributed by atoms with E-state index in [0.717, 1.165) is 52.2 Å². The molecular formula is C56H66N4O7S. The highest BCUT2D eigenvalue weighted by Gasteiger charge is 2.55. The molecule has 2 aliphatic rings. The molecule has 0 aromatic heterocycles. The van der Waals surface area contributed by atoms with Crippen molar-refractivity contribution in [1.82, 2.24) is 9.21 Å². The second-order valence-electron chi connectivity index (χ2n) is 18.3. The molecule has 1 saturated heterocycles. The fourth-order valence-electron chi connectivity index (χ4n) is 8.99. The van der Waals surface area contributed by atoms with Gasteiger partial charge in [-0.05, 0) is 55.7 Å². The number of unbranched alkanes of at least 4 members (excludes halogenated alkanes) is 15. The fraction of sp³-hybridized carbons (Fsp3) is 0.393. The third-order valence-electron chi connectivity index (χ3n) is 12.7. The van der Waals surface area contributed by atoms with Crippen molar-refractivity contribution in [3.63, 3.8) is 0 Å². The molecule has 3 amide bonds. The predicted molar refractivity (Wildman–Crippen MR) is 271 cm³/mol. The highest BCUT2D eigenvalue weighted by molar-refractivity contribution is 7.90. The summed E-state index contributed by atoms with van der Waals surface area (Å²) in [4.78, 5) is 48.5. The van der Waals surface area contributed by atoms with Crippen LogP contribution in [0.1, 0.15) is 124 Å². The van der Waals surface area contributed by atoms with E-state index in [-0.39, 0.29) is 34.4 Å². The summed E-state index contributed by atoms with van der Waals surface area (Å²) in [6.45, 7) is 5.10. The standard InChI is InChI=1S/C56H66N4O7S/c1-4-5-6-7-8-9-10-11-12-13-14-15-16-17-18-29-41-59-52(57-47-38-26-28-40-49(47)68(59,64)65)50(60-54(62)56(2,3)67-55(60)63)53(61)58-46-37-25-27-39-48(46)66-51-44(42-31-21-19-22-32-42)35-30-36-45(51)43-33-23-20-24-34-43/h19-28,30-40,50H,4-18,29,41H2,1-3H3,(H,58,61). The average Bonchev–Trinajstić information content (AvgIpc) is 3.54. The third kappa shape index (κ3) is 12.1. The number of hydrogen-bond donors (Lipinski definition) is 1. The van der Waals surface area contributed by atoms with E-state index in [0.29, 0.717) is 17.1 Å². The number of hydrogen-bond acceptors (Lipinski definition) is 8. The Kier molecular flexibility index (Phi) is 17.3. The molecule has 7 rings (SSSR count). The maximum Gasteiger partial charge on any atom is 0.418 e. The number of anilines is 1. The minimum absolute atomic E-state index is 0.0174. The number of amides is 3. The molecule has 0 bridgehead atoms. The molecule has 2 heterocycles. The van der Waals surface area contributed by atoms with Crippen LogP contribution < -0.4 is 10.1 Å². The van der Waals surface area contributed by atoms with Gasteiger partial charge >= 0.3 is 6.09 Å². The van der Waals surface area contributed by atoms with Crippen molar-refractivity contribution < 1.29 is 32.3 Å². The summed E-state index contributed by atoms with van der Waals surface area (Å²) < 4.78 is 42.7. The van der Waals surface area contributed by atoms with Crippen molar-refractivity contribution in [2.45, 2.75) is 140 Å². The summed E-state index contributed by atoms with van der Waals surface area (Å²) in [5, 5.41) is 2.92. The third-order valence-corrected chi connectivity index (χ3v) is 14.6. The van der Waals surface area contributed by atoms with Crippen LogP contribution in [0.4, 0.5) is 16.2 Å². The number of cyclic esters (lactones) is 1. The molecule has 358 valence electrons. The van der Waals surface area contributed by atoms with Crippen LogP contribution in [-0.2, 0) is 24.3 Å². The van der Waals surface area contributed by atoms with Crippen LogP contribution in [0.15, 0.2) is 137 Å². The lowest BCUT2D eigenvalue weighted by molar-refractivity contribution is -0.137. The van der Waals surface area contributed by atoms with Gasteiger partial charge in [-0.3, -0.25) is 13.9 Å². The molecule has 68 heavy (non-hydrogen) atoms. The van der Waals surface area contributed by atoms with Crippen LogP contribution in [0.2, 0.25) is 0 Å². The minimum Gasteiger partial charge on any atom is -0.454 e. The van der Waals surface area contributed by atoms with Crippen LogP contribution in [0.25, 0.3) is 22.3 Å². The van der Waals surface area contributed by atoms with E-state index in [1.54, 1.807) is 42.5 Å². The largest absolute Gasteiger partial charge is 0.454 e. The molecule has 11 nitrogen and oxygen atoms in total. The second kappa shape index (κ2) is 23.6. The zero-order chi connectivity index (χ0) is 47.9. The van der Waals surface area contributed by atoms with Gasteiger partial charge in [0.05, 0.1) is 11.4 Å². The monoisotopic (exact) mass is 938 g/mol. The van der Waals surface area contributed by atoms with E-state index in [2.05, 4.69) is 12.2 Å². The summed E-state index contributed by atoms with van der Waals surface area (Å²) in [5.74, 6) is -1.16. The molecule has 1 unspecified atom stereocenters. The number of nitrogens with one attached hydrogen (secondary N) is 1. The minimum atomic E-state index is -4.30. The van der Waals surface area contributed by atoms with Crippen molar-refractivity contribution in [3.05, 3.63) is 127 Å². The summed E-state index contributed by atoms with van der Waals surface area (Å²) in [7, 11) is -4.30. The topological polar surface area (TPSA) is 135 Å². The van der Waals surface area contributed by atoms with E-state index in [1.807, 2.05) is 78.9 Å². The van der Waals surface area contributed by atoms with Gasteiger partial charge in [-0.1, -0.05) is 206 Å². The maximum atomic E-state index is 15.1. The second-order valence-corrected chi connectivity index (χ2v) is 20.1. The Hall–Kier alpha value is -6.27. The van der Waals surface area contributed by atoms with Crippen molar-refractivity contribution in [1.29, 1.82) is 0 Å². The number of amidine groups is 1. The Morgan fingerprint density at radius 1 is 0.647 bits per heavy atom. The van der Waals surface area contributed by atoms with E-state index >= 15 is 4.79 Å². The van der Waals surface area contributed by atoms with E-state index in [4.69, 9.17) is 14.5 Å². The number of para-hydroxylation sites is 4. The first-order valence-electron chi connectivity index (χ1n) is 24.6. The number of imide groups is 1. The number of aliphatic imine (C=N–C) groups is 1. The summed E-state index contributed by atoms with van der Waals surface area (Å²) >= 11 is 0. The number of benzene rings is 5. The molecule has 1 fully saturated rings. The Labute approximate surface area is 403 Å². The average molecular weight is 939 g/mol. The molecule has 12 heteroatoms. The Bertz CT molecular complexity index is 2580. The summed E-state index contributed by atoms with van der Waals surface area (Å²) in [6, 6.07) is 36.8. The number of nitrogens with zero attached hydrogens (tertiary/aromatic N) is 3. The molecule has 1 N–H and O–H groups in total. The van der Waals surface area contributed by atoms with Crippen LogP contribution in [0, 0.1) is 0 Å². The molecule has 1 atom stereocenters. The van der Waals surface area contributed by atoms with Crippen LogP contribution in [0.3, 0.4) is 0 Å². The smallest absolute Gasteiger partial charge is 0.418 e. The Morgan fingerprint density at radius 2 is 1.15 bits per heavy atom. The van der Waals surface area contributed by atoms with Crippen molar-refractivity contribution in [2.75, 3.05) is 11.9 Å². The summed E-state index contributed by atoms with van der Waals surface area (Å²) in [6.07, 6.45) is 17.5. The van der Waals surface area contributed by atoms with Gasteiger partial charge in [0.1, 0.15) is 10.6 Å². The van der Waals surface area contributed by atoms with Gasteiger partial charge in [0.2, 0.25) is 0 Å². The first-order valence-corrected chi connectivity index (χ1v) is 26.0. The number of fused-ring (bicyclic) bond motifs is 1.